The molecule has 22 heavy (non-hydrogen) atoms. The normalized spacial score (nSPS) is 22.4. The first-order chi connectivity index (χ1) is 10.2. The molecule has 0 bridgehead atoms. The lowest BCUT2D eigenvalue weighted by atomic mass is 9.71. The minimum atomic E-state index is -1.55. The third kappa shape index (κ3) is 4.66. The maximum Gasteiger partial charge on any atom is 0.192 e. The van der Waals surface area contributed by atoms with Crippen LogP contribution < -0.4 is 0 Å². The van der Waals surface area contributed by atoms with E-state index in [-0.39, 0.29) is 11.2 Å². The average Bonchev–Trinajstić information content (AvgIpc) is 2.43. The Bertz CT molecular complexity index is 448. The van der Waals surface area contributed by atoms with E-state index in [9.17, 15) is 4.79 Å². The smallest absolute Gasteiger partial charge is 0.192 e. The van der Waals surface area contributed by atoms with E-state index in [4.69, 9.17) is 4.43 Å². The summed E-state index contributed by atoms with van der Waals surface area (Å²) in [6.45, 7) is 15.2. The molecule has 0 aromatic heterocycles. The fourth-order valence-electron chi connectivity index (χ4n) is 3.79. The van der Waals surface area contributed by atoms with Gasteiger partial charge < -0.3 is 4.43 Å². The van der Waals surface area contributed by atoms with Crippen molar-refractivity contribution in [1.82, 2.24) is 0 Å². The molecule has 2 nitrogen and oxygen atoms in total. The summed E-state index contributed by atoms with van der Waals surface area (Å²) >= 11 is 0. The van der Waals surface area contributed by atoms with Gasteiger partial charge in [0.1, 0.15) is 0 Å². The molecule has 1 rings (SSSR count). The Morgan fingerprint density at radius 1 is 1.27 bits per heavy atom. The quantitative estimate of drug-likeness (QED) is 0.446. The van der Waals surface area contributed by atoms with Gasteiger partial charge in [-0.2, -0.15) is 0 Å². The van der Waals surface area contributed by atoms with Crippen molar-refractivity contribution in [2.75, 3.05) is 0 Å². The van der Waals surface area contributed by atoms with Gasteiger partial charge in [0.2, 0.25) is 0 Å². The summed E-state index contributed by atoms with van der Waals surface area (Å²) in [5.41, 5.74) is 2.78. The van der Waals surface area contributed by atoms with E-state index in [1.165, 1.54) is 29.3 Å². The molecule has 0 fully saturated rings. The summed E-state index contributed by atoms with van der Waals surface area (Å²) in [6, 6.07) is 3.62. The second-order valence-corrected chi connectivity index (χ2v) is 12.1. The first-order valence-corrected chi connectivity index (χ1v) is 11.3. The molecule has 0 saturated heterocycles. The highest BCUT2D eigenvalue weighted by molar-refractivity contribution is 6.73. The van der Waals surface area contributed by atoms with Gasteiger partial charge in [0.25, 0.3) is 0 Å². The molecule has 1 atom stereocenters. The molecule has 0 saturated carbocycles. The average molecular weight is 323 g/mol. The van der Waals surface area contributed by atoms with E-state index < -0.39 is 8.32 Å². The third-order valence-corrected chi connectivity index (χ3v) is 9.99. The minimum Gasteiger partial charge on any atom is -0.414 e. The van der Waals surface area contributed by atoms with Gasteiger partial charge in [0.05, 0.1) is 0 Å². The zero-order valence-electron chi connectivity index (χ0n) is 15.6. The SMILES string of the molecule is CC[Si](CC)(CC)OC1CC(C)=C(/C=C/C(C)=O)C(C)(C)C1. The Hall–Kier alpha value is -0.673. The lowest BCUT2D eigenvalue weighted by Gasteiger charge is -2.42. The van der Waals surface area contributed by atoms with Gasteiger partial charge in [0.15, 0.2) is 14.1 Å². The van der Waals surface area contributed by atoms with Crippen molar-refractivity contribution in [3.63, 3.8) is 0 Å². The summed E-state index contributed by atoms with van der Waals surface area (Å²) in [5, 5.41) is 0. The predicted molar refractivity (Wildman–Crippen MR) is 97.6 cm³/mol. The van der Waals surface area contributed by atoms with Crippen LogP contribution in [0.5, 0.6) is 0 Å². The maximum atomic E-state index is 11.2. The van der Waals surface area contributed by atoms with E-state index in [1.54, 1.807) is 13.0 Å². The van der Waals surface area contributed by atoms with Crippen LogP contribution in [0, 0.1) is 5.41 Å². The van der Waals surface area contributed by atoms with Crippen molar-refractivity contribution in [3.8, 4) is 0 Å². The number of carbonyl (C=O) groups is 1. The van der Waals surface area contributed by atoms with Crippen molar-refractivity contribution in [3.05, 3.63) is 23.3 Å². The molecular formula is C19H34O2Si. The van der Waals surface area contributed by atoms with Crippen molar-refractivity contribution in [1.29, 1.82) is 0 Å². The Morgan fingerprint density at radius 2 is 1.82 bits per heavy atom. The number of hydrogen-bond donors (Lipinski definition) is 0. The third-order valence-electron chi connectivity index (χ3n) is 5.30. The first kappa shape index (κ1) is 19.4. The van der Waals surface area contributed by atoms with Gasteiger partial charge >= 0.3 is 0 Å². The molecule has 1 aliphatic rings. The summed E-state index contributed by atoms with van der Waals surface area (Å²) in [6.07, 6.45) is 6.13. The standard InChI is InChI=1S/C19H34O2Si/c1-8-22(9-2,10-3)21-17-13-15(4)18(12-11-16(5)20)19(6,7)14-17/h11-12,17H,8-10,13-14H2,1-7H3/b12-11+. The largest absolute Gasteiger partial charge is 0.414 e. The molecule has 1 unspecified atom stereocenters. The van der Waals surface area contributed by atoms with Gasteiger partial charge in [-0.3, -0.25) is 4.79 Å². The number of carbonyl (C=O) groups excluding carboxylic acids is 1. The van der Waals surface area contributed by atoms with Gasteiger partial charge in [-0.15, -0.1) is 0 Å². The fourth-order valence-corrected chi connectivity index (χ4v) is 6.66. The molecule has 0 spiro atoms. The molecule has 126 valence electrons. The number of hydrogen-bond acceptors (Lipinski definition) is 2. The molecule has 0 aliphatic heterocycles. The van der Waals surface area contributed by atoms with Gasteiger partial charge in [-0.05, 0) is 61.9 Å². The zero-order valence-corrected chi connectivity index (χ0v) is 16.6. The van der Waals surface area contributed by atoms with Crippen molar-refractivity contribution in [2.45, 2.75) is 85.5 Å². The van der Waals surface area contributed by atoms with E-state index in [2.05, 4.69) is 41.5 Å². The van der Waals surface area contributed by atoms with Crippen molar-refractivity contribution < 1.29 is 9.22 Å². The van der Waals surface area contributed by atoms with Crippen LogP contribution in [0.3, 0.4) is 0 Å². The second-order valence-electron chi connectivity index (χ2n) is 7.41. The molecule has 3 heteroatoms. The predicted octanol–water partition coefficient (Wildman–Crippen LogP) is 5.66. The molecule has 0 N–H and O–H groups in total. The van der Waals surface area contributed by atoms with Crippen LogP contribution in [0.2, 0.25) is 18.1 Å². The van der Waals surface area contributed by atoms with Crippen LogP contribution in [-0.2, 0) is 9.22 Å². The summed E-state index contributed by atoms with van der Waals surface area (Å²) in [4.78, 5) is 11.2. The highest BCUT2D eigenvalue weighted by atomic mass is 28.4. The lowest BCUT2D eigenvalue weighted by molar-refractivity contribution is -0.112. The molecule has 0 aromatic rings. The van der Waals surface area contributed by atoms with E-state index in [1.807, 2.05) is 6.08 Å². The van der Waals surface area contributed by atoms with Gasteiger partial charge in [-0.1, -0.05) is 46.3 Å². The Labute approximate surface area is 138 Å². The van der Waals surface area contributed by atoms with Crippen molar-refractivity contribution >= 4 is 14.1 Å². The summed E-state index contributed by atoms with van der Waals surface area (Å²) in [7, 11) is -1.55. The van der Waals surface area contributed by atoms with E-state index in [0.29, 0.717) is 6.10 Å². The van der Waals surface area contributed by atoms with Crippen LogP contribution in [0.25, 0.3) is 0 Å². The highest BCUT2D eigenvalue weighted by Gasteiger charge is 2.38. The minimum absolute atomic E-state index is 0.0777. The number of ketones is 1. The van der Waals surface area contributed by atoms with E-state index >= 15 is 0 Å². The van der Waals surface area contributed by atoms with Crippen LogP contribution in [0.4, 0.5) is 0 Å². The van der Waals surface area contributed by atoms with Crippen molar-refractivity contribution in [2.24, 2.45) is 5.41 Å². The Balaban J connectivity index is 2.98. The fraction of sp³-hybridized carbons (Fsp3) is 0.737. The molecule has 0 radical (unpaired) electrons. The molecule has 0 heterocycles. The zero-order chi connectivity index (χ0) is 17.0. The lowest BCUT2D eigenvalue weighted by Crippen LogP contribution is -2.43. The second kappa shape index (κ2) is 7.74. The Kier molecular flexibility index (Phi) is 6.81. The monoisotopic (exact) mass is 322 g/mol. The van der Waals surface area contributed by atoms with Gasteiger partial charge in [0, 0.05) is 6.10 Å². The molecule has 0 aromatic carbocycles. The highest BCUT2D eigenvalue weighted by Crippen LogP contribution is 2.43. The first-order valence-electron chi connectivity index (χ1n) is 8.76. The number of allylic oxidation sites excluding steroid dienone is 3. The molecule has 1 aliphatic carbocycles. The van der Waals surface area contributed by atoms with E-state index in [0.717, 1.165) is 12.8 Å². The van der Waals surface area contributed by atoms with Crippen LogP contribution in [0.1, 0.15) is 61.3 Å². The Morgan fingerprint density at radius 3 is 2.23 bits per heavy atom. The topological polar surface area (TPSA) is 26.3 Å². The summed E-state index contributed by atoms with van der Waals surface area (Å²) in [5.74, 6) is 0.115. The van der Waals surface area contributed by atoms with Crippen LogP contribution >= 0.6 is 0 Å². The molecular weight excluding hydrogens is 288 g/mol. The molecule has 0 amide bonds. The maximum absolute atomic E-state index is 11.2. The number of rotatable bonds is 7. The van der Waals surface area contributed by atoms with Gasteiger partial charge in [-0.25, -0.2) is 0 Å². The van der Waals surface area contributed by atoms with Crippen LogP contribution in [0.15, 0.2) is 23.3 Å². The summed E-state index contributed by atoms with van der Waals surface area (Å²) < 4.78 is 6.72. The van der Waals surface area contributed by atoms with Crippen LogP contribution in [-0.4, -0.2) is 20.2 Å².